The van der Waals surface area contributed by atoms with Crippen LogP contribution in [-0.2, 0) is 0 Å². The second kappa shape index (κ2) is 6.61. The molecule has 0 unspecified atom stereocenters. The summed E-state index contributed by atoms with van der Waals surface area (Å²) in [6, 6.07) is 18.6. The van der Waals surface area contributed by atoms with Gasteiger partial charge in [0.05, 0.1) is 6.20 Å². The van der Waals surface area contributed by atoms with Gasteiger partial charge in [-0.25, -0.2) is 9.50 Å². The summed E-state index contributed by atoms with van der Waals surface area (Å²) in [7, 11) is 1.74. The van der Waals surface area contributed by atoms with Crippen molar-refractivity contribution in [1.29, 1.82) is 0 Å². The summed E-state index contributed by atoms with van der Waals surface area (Å²) < 4.78 is 1.58. The molecule has 0 aliphatic heterocycles. The zero-order valence-corrected chi connectivity index (χ0v) is 14.8. The molecule has 2 aromatic heterocycles. The predicted octanol–water partition coefficient (Wildman–Crippen LogP) is 4.33. The molecule has 0 saturated carbocycles. The van der Waals surface area contributed by atoms with Crippen molar-refractivity contribution in [2.24, 2.45) is 0 Å². The lowest BCUT2D eigenvalue weighted by atomic mass is 10.1. The minimum Gasteiger partial charge on any atom is -0.310 e. The van der Waals surface area contributed by atoms with Gasteiger partial charge in [-0.2, -0.15) is 5.10 Å². The molecule has 1 amide bonds. The molecule has 0 saturated heterocycles. The van der Waals surface area contributed by atoms with Crippen LogP contribution < -0.4 is 4.90 Å². The van der Waals surface area contributed by atoms with Crippen molar-refractivity contribution in [3.05, 3.63) is 83.8 Å². The van der Waals surface area contributed by atoms with Crippen molar-refractivity contribution in [2.75, 3.05) is 11.9 Å². The average molecular weight is 363 g/mol. The molecule has 0 radical (unpaired) electrons. The first-order valence-electron chi connectivity index (χ1n) is 8.07. The van der Waals surface area contributed by atoms with Crippen molar-refractivity contribution in [2.45, 2.75) is 0 Å². The molecule has 4 aromatic rings. The predicted molar refractivity (Wildman–Crippen MR) is 103 cm³/mol. The largest absolute Gasteiger partial charge is 0.310 e. The van der Waals surface area contributed by atoms with Crippen LogP contribution in [0.1, 0.15) is 10.5 Å². The molecule has 0 aliphatic carbocycles. The van der Waals surface area contributed by atoms with Crippen molar-refractivity contribution in [1.82, 2.24) is 14.6 Å². The van der Waals surface area contributed by atoms with Gasteiger partial charge in [0.1, 0.15) is 5.69 Å². The van der Waals surface area contributed by atoms with E-state index in [0.29, 0.717) is 16.4 Å². The number of rotatable bonds is 3. The van der Waals surface area contributed by atoms with E-state index in [0.717, 1.165) is 16.8 Å². The van der Waals surface area contributed by atoms with Crippen LogP contribution in [-0.4, -0.2) is 27.6 Å². The highest BCUT2D eigenvalue weighted by molar-refractivity contribution is 6.30. The van der Waals surface area contributed by atoms with E-state index in [1.54, 1.807) is 34.9 Å². The number of nitrogens with zero attached hydrogens (tertiary/aromatic N) is 4. The Kier molecular flexibility index (Phi) is 4.14. The van der Waals surface area contributed by atoms with Crippen LogP contribution >= 0.6 is 11.6 Å². The number of hydrogen-bond acceptors (Lipinski definition) is 3. The minimum absolute atomic E-state index is 0.158. The number of carbonyl (C=O) groups excluding carboxylic acids is 1. The standard InChI is InChI=1S/C20H15ClN4O/c1-24(16-5-3-2-4-6-16)20(26)18-11-12-22-19-17(13-23-25(18)19)14-7-9-15(21)10-8-14/h2-13H,1H3. The zero-order valence-electron chi connectivity index (χ0n) is 14.0. The van der Waals surface area contributed by atoms with Crippen molar-refractivity contribution < 1.29 is 4.79 Å². The average Bonchev–Trinajstić information content (AvgIpc) is 3.12. The zero-order chi connectivity index (χ0) is 18.1. The van der Waals surface area contributed by atoms with E-state index in [2.05, 4.69) is 10.1 Å². The monoisotopic (exact) mass is 362 g/mol. The third-order valence-electron chi connectivity index (χ3n) is 4.22. The fourth-order valence-electron chi connectivity index (χ4n) is 2.83. The van der Waals surface area contributed by atoms with Gasteiger partial charge >= 0.3 is 0 Å². The molecule has 2 heterocycles. The lowest BCUT2D eigenvalue weighted by Crippen LogP contribution is -2.28. The molecule has 0 atom stereocenters. The molecular formula is C20H15ClN4O. The third-order valence-corrected chi connectivity index (χ3v) is 4.48. The first kappa shape index (κ1) is 16.3. The highest BCUT2D eigenvalue weighted by Crippen LogP contribution is 2.25. The maximum absolute atomic E-state index is 13.0. The van der Waals surface area contributed by atoms with Crippen LogP contribution in [0.25, 0.3) is 16.8 Å². The van der Waals surface area contributed by atoms with E-state index >= 15 is 0 Å². The van der Waals surface area contributed by atoms with Gasteiger partial charge < -0.3 is 4.90 Å². The quantitative estimate of drug-likeness (QED) is 0.545. The fraction of sp³-hybridized carbons (Fsp3) is 0.0500. The number of benzene rings is 2. The molecule has 128 valence electrons. The first-order valence-corrected chi connectivity index (χ1v) is 8.45. The van der Waals surface area contributed by atoms with Gasteiger partial charge in [-0.1, -0.05) is 41.9 Å². The maximum Gasteiger partial charge on any atom is 0.276 e. The lowest BCUT2D eigenvalue weighted by molar-refractivity contribution is 0.0985. The summed E-state index contributed by atoms with van der Waals surface area (Å²) in [5, 5.41) is 5.05. The van der Waals surface area contributed by atoms with Crippen molar-refractivity contribution >= 4 is 28.8 Å². The Morgan fingerprint density at radius 2 is 1.77 bits per heavy atom. The normalized spacial score (nSPS) is 10.8. The van der Waals surface area contributed by atoms with Crippen LogP contribution in [0.5, 0.6) is 0 Å². The SMILES string of the molecule is CN(C(=O)c1ccnc2c(-c3ccc(Cl)cc3)cnn12)c1ccccc1. The Morgan fingerprint density at radius 1 is 1.04 bits per heavy atom. The number of aromatic nitrogens is 3. The Bertz CT molecular complexity index is 1070. The molecule has 0 spiro atoms. The molecule has 0 aliphatic rings. The van der Waals surface area contributed by atoms with Crippen molar-refractivity contribution in [3.63, 3.8) is 0 Å². The van der Waals surface area contributed by atoms with E-state index in [-0.39, 0.29) is 5.91 Å². The lowest BCUT2D eigenvalue weighted by Gasteiger charge is -2.17. The Balaban J connectivity index is 1.77. The maximum atomic E-state index is 13.0. The second-order valence-electron chi connectivity index (χ2n) is 5.83. The van der Waals surface area contributed by atoms with Crippen LogP contribution in [0.3, 0.4) is 0 Å². The van der Waals surface area contributed by atoms with Crippen LogP contribution in [0.2, 0.25) is 5.02 Å². The first-order chi connectivity index (χ1) is 12.6. The molecule has 2 aromatic carbocycles. The van der Waals surface area contributed by atoms with E-state index in [1.807, 2.05) is 54.6 Å². The second-order valence-corrected chi connectivity index (χ2v) is 6.27. The summed E-state index contributed by atoms with van der Waals surface area (Å²) in [6.45, 7) is 0. The van der Waals surface area contributed by atoms with Crippen LogP contribution in [0, 0.1) is 0 Å². The summed E-state index contributed by atoms with van der Waals surface area (Å²) in [5.74, 6) is -0.158. The number of halogens is 1. The van der Waals surface area contributed by atoms with Gasteiger partial charge in [0.2, 0.25) is 0 Å². The van der Waals surface area contributed by atoms with Crippen LogP contribution in [0.15, 0.2) is 73.1 Å². The van der Waals surface area contributed by atoms with E-state index in [9.17, 15) is 4.79 Å². The van der Waals surface area contributed by atoms with Gasteiger partial charge in [0, 0.05) is 29.5 Å². The van der Waals surface area contributed by atoms with Gasteiger partial charge in [0.15, 0.2) is 5.65 Å². The minimum atomic E-state index is -0.158. The number of para-hydroxylation sites is 1. The number of carbonyl (C=O) groups is 1. The molecule has 5 nitrogen and oxygen atoms in total. The van der Waals surface area contributed by atoms with Crippen molar-refractivity contribution in [3.8, 4) is 11.1 Å². The van der Waals surface area contributed by atoms with Gasteiger partial charge in [-0.15, -0.1) is 0 Å². The highest BCUT2D eigenvalue weighted by atomic mass is 35.5. The highest BCUT2D eigenvalue weighted by Gasteiger charge is 2.19. The molecular weight excluding hydrogens is 348 g/mol. The summed E-state index contributed by atoms with van der Waals surface area (Å²) in [4.78, 5) is 19.0. The molecule has 6 heteroatoms. The molecule has 0 fully saturated rings. The summed E-state index contributed by atoms with van der Waals surface area (Å²) in [6.07, 6.45) is 3.34. The Morgan fingerprint density at radius 3 is 2.50 bits per heavy atom. The van der Waals surface area contributed by atoms with E-state index < -0.39 is 0 Å². The number of amides is 1. The summed E-state index contributed by atoms with van der Waals surface area (Å²) >= 11 is 5.96. The summed E-state index contributed by atoms with van der Waals surface area (Å²) in [5.41, 5.74) is 3.67. The Labute approximate surface area is 155 Å². The number of fused-ring (bicyclic) bond motifs is 1. The van der Waals surface area contributed by atoms with Crippen LogP contribution in [0.4, 0.5) is 5.69 Å². The third kappa shape index (κ3) is 2.82. The van der Waals surface area contributed by atoms with Gasteiger partial charge in [-0.3, -0.25) is 4.79 Å². The number of hydrogen-bond donors (Lipinski definition) is 0. The molecule has 0 bridgehead atoms. The van der Waals surface area contributed by atoms with E-state index in [1.165, 1.54) is 0 Å². The van der Waals surface area contributed by atoms with E-state index in [4.69, 9.17) is 11.6 Å². The molecule has 0 N–H and O–H groups in total. The topological polar surface area (TPSA) is 50.5 Å². The molecule has 4 rings (SSSR count). The van der Waals surface area contributed by atoms with Gasteiger partial charge in [-0.05, 0) is 35.9 Å². The smallest absolute Gasteiger partial charge is 0.276 e. The van der Waals surface area contributed by atoms with Gasteiger partial charge in [0.25, 0.3) is 5.91 Å². The molecule has 26 heavy (non-hydrogen) atoms. The number of anilines is 1. The fourth-order valence-corrected chi connectivity index (χ4v) is 2.95. The Hall–Kier alpha value is -3.18.